The monoisotopic (exact) mass is 349 g/mol. The lowest BCUT2D eigenvalue weighted by Crippen LogP contribution is -2.52. The molecule has 2 fully saturated rings. The second kappa shape index (κ2) is 8.01. The molecule has 25 heavy (non-hydrogen) atoms. The summed E-state index contributed by atoms with van der Waals surface area (Å²) in [5, 5.41) is 9.75. The summed E-state index contributed by atoms with van der Waals surface area (Å²) in [4.78, 5) is 30.7. The first-order valence-electron chi connectivity index (χ1n) is 9.06. The summed E-state index contributed by atoms with van der Waals surface area (Å²) in [6.07, 6.45) is 2.32. The van der Waals surface area contributed by atoms with Crippen LogP contribution in [0.15, 0.2) is 22.8 Å². The molecule has 1 N–H and O–H groups in total. The number of hydrogen-bond acceptors (Lipinski definition) is 5. The Morgan fingerprint density at radius 2 is 2.12 bits per heavy atom. The van der Waals surface area contributed by atoms with Gasteiger partial charge in [0.05, 0.1) is 24.8 Å². The van der Waals surface area contributed by atoms with Crippen molar-refractivity contribution in [3.8, 4) is 0 Å². The Balaban J connectivity index is 1.48. The van der Waals surface area contributed by atoms with E-state index in [4.69, 9.17) is 4.42 Å². The van der Waals surface area contributed by atoms with Crippen LogP contribution >= 0.6 is 0 Å². The van der Waals surface area contributed by atoms with E-state index in [0.29, 0.717) is 32.7 Å². The molecular weight excluding hydrogens is 322 g/mol. The van der Waals surface area contributed by atoms with Gasteiger partial charge in [0, 0.05) is 45.7 Å². The Morgan fingerprint density at radius 1 is 1.36 bits per heavy atom. The van der Waals surface area contributed by atoms with Gasteiger partial charge in [-0.2, -0.15) is 0 Å². The number of aliphatic hydroxyl groups excluding tert-OH is 1. The van der Waals surface area contributed by atoms with Crippen molar-refractivity contribution in [2.45, 2.75) is 32.4 Å². The van der Waals surface area contributed by atoms with Gasteiger partial charge in [-0.1, -0.05) is 6.92 Å². The van der Waals surface area contributed by atoms with Gasteiger partial charge in [-0.15, -0.1) is 0 Å². The minimum Gasteiger partial charge on any atom is -0.467 e. The molecule has 0 bridgehead atoms. The normalized spacial score (nSPS) is 23.3. The molecule has 0 spiro atoms. The Hall–Kier alpha value is -1.86. The van der Waals surface area contributed by atoms with Crippen LogP contribution < -0.4 is 0 Å². The molecule has 3 heterocycles. The molecule has 1 aromatic rings. The van der Waals surface area contributed by atoms with E-state index in [1.54, 1.807) is 17.2 Å². The molecule has 138 valence electrons. The van der Waals surface area contributed by atoms with Crippen molar-refractivity contribution in [1.82, 2.24) is 14.7 Å². The summed E-state index contributed by atoms with van der Waals surface area (Å²) in [7, 11) is 0. The van der Waals surface area contributed by atoms with Gasteiger partial charge in [-0.25, -0.2) is 0 Å². The number of hydrogen-bond donors (Lipinski definition) is 1. The number of carbonyl (C=O) groups is 2. The summed E-state index contributed by atoms with van der Waals surface area (Å²) in [5.41, 5.74) is 0. The van der Waals surface area contributed by atoms with Gasteiger partial charge in [0.1, 0.15) is 5.76 Å². The number of rotatable bonds is 6. The van der Waals surface area contributed by atoms with Gasteiger partial charge in [0.2, 0.25) is 11.8 Å². The van der Waals surface area contributed by atoms with E-state index < -0.39 is 0 Å². The molecule has 1 aromatic heterocycles. The Morgan fingerprint density at radius 3 is 2.76 bits per heavy atom. The molecule has 2 amide bonds. The van der Waals surface area contributed by atoms with E-state index in [9.17, 15) is 14.7 Å². The Bertz CT molecular complexity index is 581. The molecule has 2 atom stereocenters. The lowest BCUT2D eigenvalue weighted by atomic mass is 10.1. The fourth-order valence-corrected chi connectivity index (χ4v) is 3.52. The van der Waals surface area contributed by atoms with E-state index in [1.807, 2.05) is 17.9 Å². The molecule has 0 aromatic carbocycles. The van der Waals surface area contributed by atoms with E-state index in [0.717, 1.165) is 25.3 Å². The van der Waals surface area contributed by atoms with Gasteiger partial charge in [0.15, 0.2) is 0 Å². The Labute approximate surface area is 148 Å². The summed E-state index contributed by atoms with van der Waals surface area (Å²) in [6, 6.07) is 3.64. The zero-order valence-corrected chi connectivity index (χ0v) is 14.8. The Kier molecular flexibility index (Phi) is 5.75. The van der Waals surface area contributed by atoms with Crippen molar-refractivity contribution < 1.29 is 19.1 Å². The van der Waals surface area contributed by atoms with Crippen LogP contribution in [0.2, 0.25) is 0 Å². The second-order valence-electron chi connectivity index (χ2n) is 6.94. The van der Waals surface area contributed by atoms with Crippen molar-refractivity contribution in [2.24, 2.45) is 5.92 Å². The van der Waals surface area contributed by atoms with Crippen LogP contribution in [-0.4, -0.2) is 77.0 Å². The number of aliphatic hydroxyl groups is 1. The standard InChI is InChI=1S/C18H27N3O4/c1-2-15(22)12-19-5-7-20(8-6-19)18(24)14-10-17(23)21(11-14)13-16-4-3-9-25-16/h3-4,9,14-15,22H,2,5-8,10-13H2,1H3. The molecule has 0 saturated carbocycles. The second-order valence-corrected chi connectivity index (χ2v) is 6.94. The number of amides is 2. The van der Waals surface area contributed by atoms with Crippen molar-refractivity contribution >= 4 is 11.8 Å². The average Bonchev–Trinajstić information content (AvgIpc) is 3.25. The SMILES string of the molecule is CCC(O)CN1CCN(C(=O)C2CC(=O)N(Cc3ccco3)C2)CC1. The molecule has 2 saturated heterocycles. The molecule has 2 aliphatic heterocycles. The third kappa shape index (κ3) is 4.41. The van der Waals surface area contributed by atoms with E-state index in [-0.39, 0.29) is 30.3 Å². The van der Waals surface area contributed by atoms with E-state index in [2.05, 4.69) is 4.90 Å². The highest BCUT2D eigenvalue weighted by molar-refractivity contribution is 5.89. The van der Waals surface area contributed by atoms with Crippen LogP contribution in [0.25, 0.3) is 0 Å². The predicted octanol–water partition coefficient (Wildman–Crippen LogP) is 0.543. The highest BCUT2D eigenvalue weighted by atomic mass is 16.3. The zero-order chi connectivity index (χ0) is 17.8. The largest absolute Gasteiger partial charge is 0.467 e. The molecule has 7 nitrogen and oxygen atoms in total. The van der Waals surface area contributed by atoms with Crippen LogP contribution in [0.3, 0.4) is 0 Å². The molecule has 0 radical (unpaired) electrons. The van der Waals surface area contributed by atoms with Crippen LogP contribution in [-0.2, 0) is 16.1 Å². The summed E-state index contributed by atoms with van der Waals surface area (Å²) < 4.78 is 5.29. The summed E-state index contributed by atoms with van der Waals surface area (Å²) in [5.74, 6) is 0.574. The van der Waals surface area contributed by atoms with Crippen molar-refractivity contribution in [3.05, 3.63) is 24.2 Å². The lowest BCUT2D eigenvalue weighted by molar-refractivity contribution is -0.137. The van der Waals surface area contributed by atoms with Crippen LogP contribution in [0.4, 0.5) is 0 Å². The highest BCUT2D eigenvalue weighted by Gasteiger charge is 2.37. The quantitative estimate of drug-likeness (QED) is 0.811. The van der Waals surface area contributed by atoms with Gasteiger partial charge >= 0.3 is 0 Å². The first kappa shape index (κ1) is 17.9. The van der Waals surface area contributed by atoms with Gasteiger partial charge in [-0.05, 0) is 18.6 Å². The number of nitrogens with zero attached hydrogens (tertiary/aromatic N) is 3. The number of carbonyl (C=O) groups excluding carboxylic acids is 2. The average molecular weight is 349 g/mol. The number of furan rings is 1. The van der Waals surface area contributed by atoms with Crippen LogP contribution in [0.5, 0.6) is 0 Å². The first-order chi connectivity index (χ1) is 12.1. The third-order valence-corrected chi connectivity index (χ3v) is 5.11. The highest BCUT2D eigenvalue weighted by Crippen LogP contribution is 2.23. The summed E-state index contributed by atoms with van der Waals surface area (Å²) in [6.45, 7) is 6.41. The number of likely N-dealkylation sites (tertiary alicyclic amines) is 1. The van der Waals surface area contributed by atoms with Crippen LogP contribution in [0, 0.1) is 5.92 Å². The maximum atomic E-state index is 12.7. The maximum absolute atomic E-state index is 12.7. The zero-order valence-electron chi connectivity index (χ0n) is 14.8. The van der Waals surface area contributed by atoms with Crippen LogP contribution in [0.1, 0.15) is 25.5 Å². The predicted molar refractivity (Wildman–Crippen MR) is 91.5 cm³/mol. The molecule has 2 aliphatic rings. The number of β-amino-alcohol motifs (C(OH)–C–C–N with tert-alkyl or cyclic N) is 1. The molecular formula is C18H27N3O4. The first-order valence-corrected chi connectivity index (χ1v) is 9.06. The lowest BCUT2D eigenvalue weighted by Gasteiger charge is -2.36. The van der Waals surface area contributed by atoms with Gasteiger partial charge in [0.25, 0.3) is 0 Å². The van der Waals surface area contributed by atoms with Gasteiger partial charge in [-0.3, -0.25) is 14.5 Å². The molecule has 3 rings (SSSR count). The van der Waals surface area contributed by atoms with E-state index >= 15 is 0 Å². The van der Waals surface area contributed by atoms with Crippen molar-refractivity contribution in [3.63, 3.8) is 0 Å². The fourth-order valence-electron chi connectivity index (χ4n) is 3.52. The number of piperazine rings is 1. The van der Waals surface area contributed by atoms with Crippen molar-refractivity contribution in [2.75, 3.05) is 39.3 Å². The topological polar surface area (TPSA) is 77.2 Å². The minimum absolute atomic E-state index is 0.0134. The van der Waals surface area contributed by atoms with E-state index in [1.165, 1.54) is 0 Å². The maximum Gasteiger partial charge on any atom is 0.228 e. The summed E-state index contributed by atoms with van der Waals surface area (Å²) >= 11 is 0. The fraction of sp³-hybridized carbons (Fsp3) is 0.667. The molecule has 0 aliphatic carbocycles. The van der Waals surface area contributed by atoms with Gasteiger partial charge < -0.3 is 19.3 Å². The van der Waals surface area contributed by atoms with Crippen molar-refractivity contribution in [1.29, 1.82) is 0 Å². The smallest absolute Gasteiger partial charge is 0.228 e. The molecule has 2 unspecified atom stereocenters. The third-order valence-electron chi connectivity index (χ3n) is 5.11. The molecule has 7 heteroatoms. The minimum atomic E-state index is -0.301.